The van der Waals surface area contributed by atoms with Crippen molar-refractivity contribution in [2.75, 3.05) is 20.2 Å². The van der Waals surface area contributed by atoms with Gasteiger partial charge in [-0.1, -0.05) is 13.8 Å². The molecule has 0 fully saturated rings. The van der Waals surface area contributed by atoms with E-state index >= 15 is 0 Å². The molecule has 0 amide bonds. The van der Waals surface area contributed by atoms with Crippen LogP contribution < -0.4 is 4.74 Å². The smallest absolute Gasteiger partial charge is 0.339 e. The van der Waals surface area contributed by atoms with Crippen LogP contribution in [0, 0.1) is 0 Å². The SMILES string of the molecule is CCCOc1ccc(S(=O)(=O)N(C)CC)cc1C(=O)O. The first kappa shape index (κ1) is 16.5. The Balaban J connectivity index is 3.27. The average molecular weight is 301 g/mol. The lowest BCUT2D eigenvalue weighted by Crippen LogP contribution is -2.26. The summed E-state index contributed by atoms with van der Waals surface area (Å²) < 4.78 is 30.8. The number of hydrogen-bond donors (Lipinski definition) is 1. The third-order valence-corrected chi connectivity index (χ3v) is 4.73. The predicted molar refractivity (Wildman–Crippen MR) is 74.7 cm³/mol. The number of carboxylic acid groups (broad SMARTS) is 1. The highest BCUT2D eigenvalue weighted by Gasteiger charge is 2.22. The van der Waals surface area contributed by atoms with Crippen LogP contribution >= 0.6 is 0 Å². The predicted octanol–water partition coefficient (Wildman–Crippen LogP) is 1.81. The van der Waals surface area contributed by atoms with E-state index in [1.165, 1.54) is 19.2 Å². The highest BCUT2D eigenvalue weighted by atomic mass is 32.2. The number of hydrogen-bond acceptors (Lipinski definition) is 4. The highest BCUT2D eigenvalue weighted by Crippen LogP contribution is 2.24. The third kappa shape index (κ3) is 3.49. The van der Waals surface area contributed by atoms with Crippen LogP contribution in [0.5, 0.6) is 5.75 Å². The molecular formula is C13H19NO5S. The summed E-state index contributed by atoms with van der Waals surface area (Å²) in [6.07, 6.45) is 0.734. The van der Waals surface area contributed by atoms with Gasteiger partial charge in [0.2, 0.25) is 10.0 Å². The van der Waals surface area contributed by atoms with E-state index in [2.05, 4.69) is 0 Å². The van der Waals surface area contributed by atoms with Crippen LogP contribution in [-0.4, -0.2) is 44.0 Å². The summed E-state index contributed by atoms with van der Waals surface area (Å²) in [5, 5.41) is 9.16. The third-order valence-electron chi connectivity index (χ3n) is 2.80. The van der Waals surface area contributed by atoms with Crippen LogP contribution in [-0.2, 0) is 10.0 Å². The van der Waals surface area contributed by atoms with Crippen molar-refractivity contribution in [1.82, 2.24) is 4.31 Å². The van der Waals surface area contributed by atoms with Crippen LogP contribution in [0.1, 0.15) is 30.6 Å². The molecule has 20 heavy (non-hydrogen) atoms. The molecule has 0 atom stereocenters. The van der Waals surface area contributed by atoms with Gasteiger partial charge in [-0.2, -0.15) is 0 Å². The van der Waals surface area contributed by atoms with Crippen LogP contribution in [0.3, 0.4) is 0 Å². The van der Waals surface area contributed by atoms with E-state index in [4.69, 9.17) is 9.84 Å². The molecule has 0 saturated carbocycles. The van der Waals surface area contributed by atoms with E-state index in [1.54, 1.807) is 6.92 Å². The molecule has 0 heterocycles. The Morgan fingerprint density at radius 3 is 2.50 bits per heavy atom. The number of carbonyl (C=O) groups is 1. The number of rotatable bonds is 7. The van der Waals surface area contributed by atoms with E-state index in [0.29, 0.717) is 13.2 Å². The number of carboxylic acids is 1. The second-order valence-corrected chi connectivity index (χ2v) is 6.28. The van der Waals surface area contributed by atoms with Gasteiger partial charge in [0.15, 0.2) is 0 Å². The molecule has 0 aliphatic rings. The zero-order valence-electron chi connectivity index (χ0n) is 11.8. The topological polar surface area (TPSA) is 83.9 Å². The molecule has 0 aliphatic heterocycles. The number of benzene rings is 1. The lowest BCUT2D eigenvalue weighted by molar-refractivity contribution is 0.0692. The summed E-state index contributed by atoms with van der Waals surface area (Å²) in [4.78, 5) is 11.2. The van der Waals surface area contributed by atoms with E-state index in [9.17, 15) is 13.2 Å². The molecule has 7 heteroatoms. The van der Waals surface area contributed by atoms with Gasteiger partial charge < -0.3 is 9.84 Å². The lowest BCUT2D eigenvalue weighted by atomic mass is 10.2. The van der Waals surface area contributed by atoms with E-state index in [0.717, 1.165) is 16.8 Å². The quantitative estimate of drug-likeness (QED) is 0.830. The fourth-order valence-corrected chi connectivity index (χ4v) is 2.73. The molecule has 0 spiro atoms. The first-order valence-corrected chi connectivity index (χ1v) is 7.75. The first-order chi connectivity index (χ1) is 9.34. The van der Waals surface area contributed by atoms with Crippen molar-refractivity contribution in [3.63, 3.8) is 0 Å². The molecule has 112 valence electrons. The Labute approximate surface area is 119 Å². The van der Waals surface area contributed by atoms with Gasteiger partial charge in [0.1, 0.15) is 11.3 Å². The molecular weight excluding hydrogens is 282 g/mol. The normalized spacial score (nSPS) is 11.6. The summed E-state index contributed by atoms with van der Waals surface area (Å²) in [7, 11) is -2.23. The van der Waals surface area contributed by atoms with Gasteiger partial charge in [-0.15, -0.1) is 0 Å². The Hall–Kier alpha value is -1.60. The molecule has 0 aromatic heterocycles. The molecule has 1 rings (SSSR count). The molecule has 1 N–H and O–H groups in total. The molecule has 0 unspecified atom stereocenters. The molecule has 1 aromatic carbocycles. The average Bonchev–Trinajstić information content (AvgIpc) is 2.43. The summed E-state index contributed by atoms with van der Waals surface area (Å²) in [5.41, 5.74) is -0.149. The van der Waals surface area contributed by atoms with Crippen molar-refractivity contribution in [2.45, 2.75) is 25.2 Å². The standard InChI is InChI=1S/C13H19NO5S/c1-4-8-19-12-7-6-10(9-11(12)13(15)16)20(17,18)14(3)5-2/h6-7,9H,4-5,8H2,1-3H3,(H,15,16). The fraction of sp³-hybridized carbons (Fsp3) is 0.462. The minimum absolute atomic E-state index is 0.0527. The summed E-state index contributed by atoms with van der Waals surface area (Å²) in [5.74, 6) is -1.04. The van der Waals surface area contributed by atoms with E-state index in [-0.39, 0.29) is 16.2 Å². The molecule has 0 saturated heterocycles. The second-order valence-electron chi connectivity index (χ2n) is 4.23. The molecule has 0 radical (unpaired) electrons. The Kier molecular flexibility index (Phi) is 5.52. The minimum atomic E-state index is -3.67. The number of sulfonamides is 1. The monoisotopic (exact) mass is 301 g/mol. The van der Waals surface area contributed by atoms with Gasteiger partial charge in [0, 0.05) is 13.6 Å². The fourth-order valence-electron chi connectivity index (χ4n) is 1.52. The zero-order valence-corrected chi connectivity index (χ0v) is 12.6. The Morgan fingerprint density at radius 2 is 2.00 bits per heavy atom. The van der Waals surface area contributed by atoms with Crippen molar-refractivity contribution in [3.05, 3.63) is 23.8 Å². The molecule has 0 aliphatic carbocycles. The van der Waals surface area contributed by atoms with Crippen LogP contribution in [0.25, 0.3) is 0 Å². The van der Waals surface area contributed by atoms with Crippen molar-refractivity contribution in [3.8, 4) is 5.75 Å². The van der Waals surface area contributed by atoms with Gasteiger partial charge in [-0.3, -0.25) is 0 Å². The maximum Gasteiger partial charge on any atom is 0.339 e. The molecule has 1 aromatic rings. The van der Waals surface area contributed by atoms with Crippen LogP contribution in [0.4, 0.5) is 0 Å². The number of ether oxygens (including phenoxy) is 1. The lowest BCUT2D eigenvalue weighted by Gasteiger charge is -2.16. The van der Waals surface area contributed by atoms with Gasteiger partial charge >= 0.3 is 5.97 Å². The maximum atomic E-state index is 12.2. The summed E-state index contributed by atoms with van der Waals surface area (Å²) >= 11 is 0. The minimum Gasteiger partial charge on any atom is -0.493 e. The molecule has 6 nitrogen and oxygen atoms in total. The van der Waals surface area contributed by atoms with Crippen molar-refractivity contribution in [2.24, 2.45) is 0 Å². The summed E-state index contributed by atoms with van der Waals surface area (Å²) in [6, 6.07) is 3.88. The van der Waals surface area contributed by atoms with Crippen LogP contribution in [0.2, 0.25) is 0 Å². The maximum absolute atomic E-state index is 12.2. The number of aromatic carboxylic acids is 1. The first-order valence-electron chi connectivity index (χ1n) is 6.31. The number of nitrogens with zero attached hydrogens (tertiary/aromatic N) is 1. The van der Waals surface area contributed by atoms with Gasteiger partial charge in [-0.25, -0.2) is 17.5 Å². The van der Waals surface area contributed by atoms with Gasteiger partial charge in [0.05, 0.1) is 11.5 Å². The highest BCUT2D eigenvalue weighted by molar-refractivity contribution is 7.89. The largest absolute Gasteiger partial charge is 0.493 e. The van der Waals surface area contributed by atoms with Crippen LogP contribution in [0.15, 0.2) is 23.1 Å². The van der Waals surface area contributed by atoms with Gasteiger partial charge in [-0.05, 0) is 24.6 Å². The van der Waals surface area contributed by atoms with E-state index in [1.807, 2.05) is 6.92 Å². The van der Waals surface area contributed by atoms with Crippen molar-refractivity contribution in [1.29, 1.82) is 0 Å². The zero-order chi connectivity index (χ0) is 15.3. The van der Waals surface area contributed by atoms with Gasteiger partial charge in [0.25, 0.3) is 0 Å². The van der Waals surface area contributed by atoms with Crippen molar-refractivity contribution >= 4 is 16.0 Å². The van der Waals surface area contributed by atoms with Crippen molar-refractivity contribution < 1.29 is 23.1 Å². The Morgan fingerprint density at radius 1 is 1.35 bits per heavy atom. The second kappa shape index (κ2) is 6.71. The summed E-state index contributed by atoms with van der Waals surface area (Å²) in [6.45, 7) is 4.28. The van der Waals surface area contributed by atoms with E-state index < -0.39 is 16.0 Å². The Bertz CT molecular complexity index is 582. The molecule has 0 bridgehead atoms.